The number of hydrogen-bond donors (Lipinski definition) is 0. The number of carbonyl (C=O) groups excluding carboxylic acids is 2. The van der Waals surface area contributed by atoms with Crippen molar-refractivity contribution in [2.75, 3.05) is 32.7 Å². The third kappa shape index (κ3) is 4.78. The van der Waals surface area contributed by atoms with E-state index >= 15 is 0 Å². The standard InChI is InChI=1S/C30H28N4O3/c35-29(21-32-14-16-33(17-15-32)30(36)28-11-6-18-37-28)34-27(23-8-2-1-3-9-23)20-26(31-34)25-13-12-22-7-4-5-10-24(22)19-25/h1-13,18-19,27H,14-17,20-21H2/t27-/m1/s1. The molecule has 4 aromatic rings. The Hall–Kier alpha value is -4.23. The molecular formula is C30H28N4O3. The molecule has 1 atom stereocenters. The van der Waals surface area contributed by atoms with Crippen LogP contribution < -0.4 is 0 Å². The van der Waals surface area contributed by atoms with Crippen LogP contribution in [0.3, 0.4) is 0 Å². The molecule has 7 heteroatoms. The lowest BCUT2D eigenvalue weighted by atomic mass is 9.97. The molecule has 0 unspecified atom stereocenters. The largest absolute Gasteiger partial charge is 0.459 e. The number of carbonyl (C=O) groups is 2. The van der Waals surface area contributed by atoms with E-state index in [1.807, 2.05) is 30.3 Å². The predicted molar refractivity (Wildman–Crippen MR) is 142 cm³/mol. The van der Waals surface area contributed by atoms with Gasteiger partial charge in [0.2, 0.25) is 0 Å². The number of furan rings is 1. The molecule has 1 fully saturated rings. The summed E-state index contributed by atoms with van der Waals surface area (Å²) in [7, 11) is 0. The summed E-state index contributed by atoms with van der Waals surface area (Å²) in [6, 6.07) is 28.0. The Balaban J connectivity index is 1.18. The van der Waals surface area contributed by atoms with Gasteiger partial charge in [0.15, 0.2) is 5.76 Å². The first-order chi connectivity index (χ1) is 18.2. The molecule has 2 aliphatic rings. The minimum Gasteiger partial charge on any atom is -0.459 e. The number of nitrogens with zero attached hydrogens (tertiary/aromatic N) is 4. The highest BCUT2D eigenvalue weighted by atomic mass is 16.3. The Labute approximate surface area is 215 Å². The first-order valence-electron chi connectivity index (χ1n) is 12.6. The average molecular weight is 493 g/mol. The van der Waals surface area contributed by atoms with Gasteiger partial charge in [-0.1, -0.05) is 66.7 Å². The summed E-state index contributed by atoms with van der Waals surface area (Å²) in [5.74, 6) is 0.211. The smallest absolute Gasteiger partial charge is 0.289 e. The Morgan fingerprint density at radius 2 is 1.59 bits per heavy atom. The van der Waals surface area contributed by atoms with Gasteiger partial charge in [-0.3, -0.25) is 14.5 Å². The second kappa shape index (κ2) is 10.0. The normalized spacial score (nSPS) is 18.3. The second-order valence-corrected chi connectivity index (χ2v) is 9.52. The first-order valence-corrected chi connectivity index (χ1v) is 12.6. The highest BCUT2D eigenvalue weighted by molar-refractivity contribution is 6.05. The average Bonchev–Trinajstić information content (AvgIpc) is 3.65. The summed E-state index contributed by atoms with van der Waals surface area (Å²) >= 11 is 0. The highest BCUT2D eigenvalue weighted by Crippen LogP contribution is 2.33. The van der Waals surface area contributed by atoms with Gasteiger partial charge in [-0.05, 0) is 40.1 Å². The lowest BCUT2D eigenvalue weighted by Crippen LogP contribution is -2.51. The number of amides is 2. The summed E-state index contributed by atoms with van der Waals surface area (Å²) in [4.78, 5) is 30.0. The maximum atomic E-state index is 13.6. The summed E-state index contributed by atoms with van der Waals surface area (Å²) in [5.41, 5.74) is 3.03. The van der Waals surface area contributed by atoms with E-state index in [4.69, 9.17) is 9.52 Å². The van der Waals surface area contributed by atoms with E-state index in [2.05, 4.69) is 47.4 Å². The summed E-state index contributed by atoms with van der Waals surface area (Å²) < 4.78 is 5.25. The van der Waals surface area contributed by atoms with Crippen molar-refractivity contribution in [2.45, 2.75) is 12.5 Å². The monoisotopic (exact) mass is 492 g/mol. The minimum atomic E-state index is -0.142. The van der Waals surface area contributed by atoms with Crippen LogP contribution in [-0.2, 0) is 4.79 Å². The van der Waals surface area contributed by atoms with Crippen LogP contribution in [0.1, 0.15) is 34.1 Å². The number of fused-ring (bicyclic) bond motifs is 1. The van der Waals surface area contributed by atoms with Gasteiger partial charge in [-0.25, -0.2) is 5.01 Å². The molecule has 0 N–H and O–H groups in total. The zero-order valence-electron chi connectivity index (χ0n) is 20.5. The minimum absolute atomic E-state index is 0.0320. The van der Waals surface area contributed by atoms with Crippen molar-refractivity contribution in [2.24, 2.45) is 5.10 Å². The van der Waals surface area contributed by atoms with Crippen LogP contribution in [0.25, 0.3) is 10.8 Å². The van der Waals surface area contributed by atoms with E-state index in [-0.39, 0.29) is 24.4 Å². The zero-order valence-corrected chi connectivity index (χ0v) is 20.5. The third-order valence-electron chi connectivity index (χ3n) is 7.18. The van der Waals surface area contributed by atoms with Crippen LogP contribution in [-0.4, -0.2) is 65.1 Å². The molecule has 186 valence electrons. The number of rotatable bonds is 5. The van der Waals surface area contributed by atoms with Gasteiger partial charge >= 0.3 is 0 Å². The molecule has 3 heterocycles. The SMILES string of the molecule is O=C(c1ccco1)N1CCN(CC(=O)N2N=C(c3ccc4ccccc4c3)C[C@@H]2c2ccccc2)CC1. The quantitative estimate of drug-likeness (QED) is 0.409. The number of benzene rings is 3. The van der Waals surface area contributed by atoms with Crippen molar-refractivity contribution in [1.82, 2.24) is 14.8 Å². The summed E-state index contributed by atoms with van der Waals surface area (Å²) in [6.07, 6.45) is 2.17. The molecule has 0 aliphatic carbocycles. The lowest BCUT2D eigenvalue weighted by molar-refractivity contribution is -0.134. The van der Waals surface area contributed by atoms with Gasteiger partial charge in [0, 0.05) is 32.6 Å². The van der Waals surface area contributed by atoms with E-state index in [1.165, 1.54) is 11.6 Å². The van der Waals surface area contributed by atoms with Gasteiger partial charge in [-0.15, -0.1) is 0 Å². The molecular weight excluding hydrogens is 464 g/mol. The molecule has 1 saturated heterocycles. The topological polar surface area (TPSA) is 69.4 Å². The van der Waals surface area contributed by atoms with Crippen LogP contribution in [0.4, 0.5) is 0 Å². The van der Waals surface area contributed by atoms with E-state index in [9.17, 15) is 9.59 Å². The molecule has 0 bridgehead atoms. The van der Waals surface area contributed by atoms with Crippen molar-refractivity contribution < 1.29 is 14.0 Å². The maximum absolute atomic E-state index is 13.6. The predicted octanol–water partition coefficient (Wildman–Crippen LogP) is 4.57. The summed E-state index contributed by atoms with van der Waals surface area (Å²) in [6.45, 7) is 2.63. The van der Waals surface area contributed by atoms with Crippen molar-refractivity contribution in [1.29, 1.82) is 0 Å². The molecule has 7 nitrogen and oxygen atoms in total. The zero-order chi connectivity index (χ0) is 25.2. The third-order valence-corrected chi connectivity index (χ3v) is 7.18. The van der Waals surface area contributed by atoms with Crippen molar-refractivity contribution in [3.63, 3.8) is 0 Å². The fourth-order valence-electron chi connectivity index (χ4n) is 5.15. The van der Waals surface area contributed by atoms with Crippen LogP contribution in [0.15, 0.2) is 101 Å². The Morgan fingerprint density at radius 3 is 2.35 bits per heavy atom. The van der Waals surface area contributed by atoms with Gasteiger partial charge in [-0.2, -0.15) is 5.10 Å². The Bertz CT molecular complexity index is 1440. The van der Waals surface area contributed by atoms with Crippen molar-refractivity contribution in [3.05, 3.63) is 108 Å². The fourth-order valence-corrected chi connectivity index (χ4v) is 5.15. The van der Waals surface area contributed by atoms with E-state index in [0.717, 1.165) is 22.2 Å². The van der Waals surface area contributed by atoms with Gasteiger partial charge in [0.25, 0.3) is 11.8 Å². The van der Waals surface area contributed by atoms with Gasteiger partial charge < -0.3 is 9.32 Å². The van der Waals surface area contributed by atoms with Crippen molar-refractivity contribution >= 4 is 28.3 Å². The highest BCUT2D eigenvalue weighted by Gasteiger charge is 2.34. The Morgan fingerprint density at radius 1 is 0.838 bits per heavy atom. The second-order valence-electron chi connectivity index (χ2n) is 9.52. The maximum Gasteiger partial charge on any atom is 0.289 e. The number of hydrogen-bond acceptors (Lipinski definition) is 5. The molecule has 37 heavy (non-hydrogen) atoms. The molecule has 3 aromatic carbocycles. The first kappa shape index (κ1) is 23.2. The number of piperazine rings is 1. The van der Waals surface area contributed by atoms with E-state index in [1.54, 1.807) is 22.0 Å². The lowest BCUT2D eigenvalue weighted by Gasteiger charge is -2.34. The van der Waals surface area contributed by atoms with Crippen LogP contribution in [0.5, 0.6) is 0 Å². The van der Waals surface area contributed by atoms with Gasteiger partial charge in [0.1, 0.15) is 0 Å². The van der Waals surface area contributed by atoms with Crippen LogP contribution in [0, 0.1) is 0 Å². The Kier molecular flexibility index (Phi) is 6.28. The number of hydrazone groups is 1. The summed E-state index contributed by atoms with van der Waals surface area (Å²) in [5, 5.41) is 8.87. The van der Waals surface area contributed by atoms with Gasteiger partial charge in [0.05, 0.1) is 24.6 Å². The molecule has 6 rings (SSSR count). The molecule has 2 amide bonds. The molecule has 0 spiro atoms. The molecule has 0 saturated carbocycles. The van der Waals surface area contributed by atoms with E-state index in [0.29, 0.717) is 38.4 Å². The molecule has 2 aliphatic heterocycles. The van der Waals surface area contributed by atoms with Crippen LogP contribution in [0.2, 0.25) is 0 Å². The molecule has 0 radical (unpaired) electrons. The van der Waals surface area contributed by atoms with Crippen molar-refractivity contribution in [3.8, 4) is 0 Å². The van der Waals surface area contributed by atoms with Crippen LogP contribution >= 0.6 is 0 Å². The fraction of sp³-hybridized carbons (Fsp3) is 0.233. The van der Waals surface area contributed by atoms with E-state index < -0.39 is 0 Å². The molecule has 1 aromatic heterocycles.